The monoisotopic (exact) mass is 186 g/mol. The molecule has 0 aromatic heterocycles. The maximum Gasteiger partial charge on any atom is -0.0155 e. The van der Waals surface area contributed by atoms with E-state index in [0.717, 1.165) is 5.92 Å². The molecule has 0 saturated carbocycles. The topological polar surface area (TPSA) is 0 Å². The van der Waals surface area contributed by atoms with Gasteiger partial charge in [-0.3, -0.25) is 0 Å². The summed E-state index contributed by atoms with van der Waals surface area (Å²) in [5, 5.41) is 0. The first-order valence-corrected chi connectivity index (χ1v) is 5.53. The van der Waals surface area contributed by atoms with Crippen molar-refractivity contribution in [2.45, 2.75) is 32.6 Å². The molecule has 0 fully saturated rings. The molecule has 0 amide bonds. The summed E-state index contributed by atoms with van der Waals surface area (Å²) >= 11 is 0. The Labute approximate surface area is 86.7 Å². The molecule has 0 radical (unpaired) electrons. The maximum atomic E-state index is 3.85. The van der Waals surface area contributed by atoms with Gasteiger partial charge in [0, 0.05) is 0 Å². The van der Waals surface area contributed by atoms with Gasteiger partial charge in [0.25, 0.3) is 0 Å². The Bertz CT molecular complexity index is 326. The summed E-state index contributed by atoms with van der Waals surface area (Å²) < 4.78 is 0. The van der Waals surface area contributed by atoms with Crippen LogP contribution in [0.15, 0.2) is 47.6 Å². The Hall–Kier alpha value is -1.04. The van der Waals surface area contributed by atoms with Crippen molar-refractivity contribution in [2.24, 2.45) is 5.92 Å². The summed E-state index contributed by atoms with van der Waals surface area (Å²) in [6, 6.07) is 0. The number of allylic oxidation sites excluding steroid dienone is 7. The molecule has 0 heterocycles. The molecule has 1 unspecified atom stereocenters. The average Bonchev–Trinajstić information content (AvgIpc) is 2.27. The lowest BCUT2D eigenvalue weighted by molar-refractivity contribution is 0.502. The van der Waals surface area contributed by atoms with E-state index in [1.54, 1.807) is 0 Å². The molecule has 2 rings (SSSR count). The average molecular weight is 186 g/mol. The van der Waals surface area contributed by atoms with Gasteiger partial charge in [0.1, 0.15) is 0 Å². The van der Waals surface area contributed by atoms with E-state index in [0.29, 0.717) is 0 Å². The molecule has 0 aliphatic heterocycles. The zero-order chi connectivity index (χ0) is 9.97. The van der Waals surface area contributed by atoms with Crippen molar-refractivity contribution in [1.82, 2.24) is 0 Å². The predicted molar refractivity (Wildman–Crippen MR) is 62.1 cm³/mol. The van der Waals surface area contributed by atoms with Crippen LogP contribution < -0.4 is 0 Å². The summed E-state index contributed by atoms with van der Waals surface area (Å²) in [6.07, 6.45) is 14.1. The van der Waals surface area contributed by atoms with Gasteiger partial charge in [0.2, 0.25) is 0 Å². The molecule has 0 N–H and O–H groups in total. The standard InChI is InChI=1S/C14H18/c1-3-11-5-7-13-8-6-12(4-2)10-14(13)9-11/h3-4,9-10,13H,1,5-8H2,2H3. The molecule has 0 aromatic carbocycles. The number of fused-ring (bicyclic) bond motifs is 1. The first-order valence-electron chi connectivity index (χ1n) is 5.53. The smallest absolute Gasteiger partial charge is 0.0155 e. The predicted octanol–water partition coefficient (Wildman–Crippen LogP) is 4.18. The van der Waals surface area contributed by atoms with Gasteiger partial charge in [0.15, 0.2) is 0 Å². The van der Waals surface area contributed by atoms with Crippen LogP contribution in [-0.4, -0.2) is 0 Å². The van der Waals surface area contributed by atoms with Crippen LogP contribution in [0.2, 0.25) is 0 Å². The largest absolute Gasteiger partial charge is 0.0988 e. The minimum atomic E-state index is 0.822. The van der Waals surface area contributed by atoms with Crippen LogP contribution in [0.5, 0.6) is 0 Å². The van der Waals surface area contributed by atoms with Crippen LogP contribution in [0.4, 0.5) is 0 Å². The molecule has 1 atom stereocenters. The van der Waals surface area contributed by atoms with Gasteiger partial charge in [-0.1, -0.05) is 36.5 Å². The molecule has 2 aliphatic carbocycles. The summed E-state index contributed by atoms with van der Waals surface area (Å²) in [4.78, 5) is 0. The minimum Gasteiger partial charge on any atom is -0.0988 e. The van der Waals surface area contributed by atoms with E-state index in [2.05, 4.69) is 31.7 Å². The lowest BCUT2D eigenvalue weighted by Gasteiger charge is -2.28. The van der Waals surface area contributed by atoms with E-state index in [1.807, 2.05) is 6.08 Å². The third kappa shape index (κ3) is 1.75. The Morgan fingerprint density at radius 3 is 2.79 bits per heavy atom. The van der Waals surface area contributed by atoms with Gasteiger partial charge in [-0.05, 0) is 49.7 Å². The quantitative estimate of drug-likeness (QED) is 0.576. The molecule has 0 spiro atoms. The molecule has 0 heteroatoms. The van der Waals surface area contributed by atoms with Gasteiger partial charge in [-0.15, -0.1) is 0 Å². The first-order chi connectivity index (χ1) is 6.83. The highest BCUT2D eigenvalue weighted by Gasteiger charge is 2.21. The van der Waals surface area contributed by atoms with Gasteiger partial charge in [0.05, 0.1) is 0 Å². The SMILES string of the molecule is C=CC1=CC2=CC(=CC)CCC2CC1. The second-order valence-electron chi connectivity index (χ2n) is 4.21. The maximum absolute atomic E-state index is 3.85. The molecule has 74 valence electrons. The van der Waals surface area contributed by atoms with Crippen molar-refractivity contribution >= 4 is 0 Å². The summed E-state index contributed by atoms with van der Waals surface area (Å²) in [5.74, 6) is 0.822. The van der Waals surface area contributed by atoms with Gasteiger partial charge < -0.3 is 0 Å². The lowest BCUT2D eigenvalue weighted by atomic mass is 9.77. The highest BCUT2D eigenvalue weighted by atomic mass is 14.3. The van der Waals surface area contributed by atoms with Crippen molar-refractivity contribution in [2.75, 3.05) is 0 Å². The number of hydrogen-bond donors (Lipinski definition) is 0. The van der Waals surface area contributed by atoms with E-state index < -0.39 is 0 Å². The fourth-order valence-corrected chi connectivity index (χ4v) is 2.40. The van der Waals surface area contributed by atoms with Gasteiger partial charge in [-0.25, -0.2) is 0 Å². The van der Waals surface area contributed by atoms with E-state index in [1.165, 1.54) is 42.4 Å². The van der Waals surface area contributed by atoms with E-state index in [-0.39, 0.29) is 0 Å². The van der Waals surface area contributed by atoms with Crippen molar-refractivity contribution in [3.63, 3.8) is 0 Å². The molecule has 14 heavy (non-hydrogen) atoms. The summed E-state index contributed by atoms with van der Waals surface area (Å²) in [5.41, 5.74) is 4.44. The fourth-order valence-electron chi connectivity index (χ4n) is 2.40. The Morgan fingerprint density at radius 1 is 1.29 bits per heavy atom. The fraction of sp³-hybridized carbons (Fsp3) is 0.429. The van der Waals surface area contributed by atoms with Gasteiger partial charge in [-0.2, -0.15) is 0 Å². The second-order valence-corrected chi connectivity index (χ2v) is 4.21. The highest BCUT2D eigenvalue weighted by Crippen LogP contribution is 2.37. The zero-order valence-corrected chi connectivity index (χ0v) is 8.92. The van der Waals surface area contributed by atoms with E-state index in [4.69, 9.17) is 0 Å². The first kappa shape index (κ1) is 9.51. The second kappa shape index (κ2) is 4.00. The molecular weight excluding hydrogens is 168 g/mol. The van der Waals surface area contributed by atoms with E-state index in [9.17, 15) is 0 Å². The van der Waals surface area contributed by atoms with Gasteiger partial charge >= 0.3 is 0 Å². The van der Waals surface area contributed by atoms with Crippen LogP contribution in [-0.2, 0) is 0 Å². The van der Waals surface area contributed by atoms with Crippen LogP contribution in [0.25, 0.3) is 0 Å². The molecule has 0 bridgehead atoms. The molecule has 2 aliphatic rings. The molecular formula is C14H18. The normalized spacial score (nSPS) is 29.2. The minimum absolute atomic E-state index is 0.822. The number of rotatable bonds is 1. The number of hydrogen-bond acceptors (Lipinski definition) is 0. The lowest BCUT2D eigenvalue weighted by Crippen LogP contribution is -2.12. The van der Waals surface area contributed by atoms with Crippen molar-refractivity contribution < 1.29 is 0 Å². The molecule has 0 aromatic rings. The third-order valence-electron chi connectivity index (χ3n) is 3.37. The Morgan fingerprint density at radius 2 is 2.07 bits per heavy atom. The van der Waals surface area contributed by atoms with Crippen molar-refractivity contribution in [1.29, 1.82) is 0 Å². The van der Waals surface area contributed by atoms with Crippen molar-refractivity contribution in [3.05, 3.63) is 47.6 Å². The van der Waals surface area contributed by atoms with Crippen LogP contribution in [0, 0.1) is 5.92 Å². The van der Waals surface area contributed by atoms with Crippen LogP contribution in [0.3, 0.4) is 0 Å². The van der Waals surface area contributed by atoms with E-state index >= 15 is 0 Å². The van der Waals surface area contributed by atoms with Crippen LogP contribution >= 0.6 is 0 Å². The Balaban J connectivity index is 2.31. The van der Waals surface area contributed by atoms with Crippen molar-refractivity contribution in [3.8, 4) is 0 Å². The van der Waals surface area contributed by atoms with Crippen LogP contribution in [0.1, 0.15) is 32.6 Å². The summed E-state index contributed by atoms with van der Waals surface area (Å²) in [7, 11) is 0. The molecule has 0 saturated heterocycles. The molecule has 0 nitrogen and oxygen atoms in total. The Kier molecular flexibility index (Phi) is 2.72. The highest BCUT2D eigenvalue weighted by molar-refractivity contribution is 5.41. The summed E-state index contributed by atoms with van der Waals surface area (Å²) in [6.45, 7) is 5.98. The third-order valence-corrected chi connectivity index (χ3v) is 3.37. The zero-order valence-electron chi connectivity index (χ0n) is 8.92.